The number of nitrogens with zero attached hydrogens (tertiary/aromatic N) is 2. The fraction of sp³-hybridized carbons (Fsp3) is 0.125. The highest BCUT2D eigenvalue weighted by atomic mass is 35.5. The first-order valence-corrected chi connectivity index (χ1v) is 7.33. The van der Waals surface area contributed by atoms with Gasteiger partial charge in [-0.3, -0.25) is 14.9 Å². The minimum Gasteiger partial charge on any atom is -0.497 e. The molecule has 2 aromatic carbocycles. The molecular formula is C16H14ClN3O5. The van der Waals surface area contributed by atoms with E-state index >= 15 is 0 Å². The average molecular weight is 364 g/mol. The van der Waals surface area contributed by atoms with Crippen molar-refractivity contribution < 1.29 is 19.2 Å². The van der Waals surface area contributed by atoms with Crippen LogP contribution in [0.4, 0.5) is 5.69 Å². The summed E-state index contributed by atoms with van der Waals surface area (Å²) in [6.07, 6.45) is 1.28. The molecular weight excluding hydrogens is 350 g/mol. The van der Waals surface area contributed by atoms with Crippen LogP contribution in [0.1, 0.15) is 15.9 Å². The maximum Gasteiger partial charge on any atom is 0.288 e. The van der Waals surface area contributed by atoms with Crippen molar-refractivity contribution in [2.75, 3.05) is 14.2 Å². The van der Waals surface area contributed by atoms with Crippen molar-refractivity contribution in [3.05, 3.63) is 62.7 Å². The molecule has 130 valence electrons. The minimum absolute atomic E-state index is 0.0224. The Kier molecular flexibility index (Phi) is 5.91. The van der Waals surface area contributed by atoms with Crippen molar-refractivity contribution >= 4 is 29.4 Å². The van der Waals surface area contributed by atoms with Crippen molar-refractivity contribution in [1.29, 1.82) is 0 Å². The Morgan fingerprint density at radius 2 is 2.00 bits per heavy atom. The van der Waals surface area contributed by atoms with Crippen LogP contribution in [0.2, 0.25) is 5.02 Å². The molecule has 0 aliphatic carbocycles. The molecule has 0 fully saturated rings. The Morgan fingerprint density at radius 3 is 2.64 bits per heavy atom. The van der Waals surface area contributed by atoms with Crippen molar-refractivity contribution in [2.45, 2.75) is 0 Å². The molecule has 0 bridgehead atoms. The number of ether oxygens (including phenoxy) is 2. The number of amides is 1. The van der Waals surface area contributed by atoms with Crippen LogP contribution in [-0.2, 0) is 0 Å². The van der Waals surface area contributed by atoms with Crippen LogP contribution in [0.3, 0.4) is 0 Å². The van der Waals surface area contributed by atoms with Gasteiger partial charge in [-0.05, 0) is 18.2 Å². The third-order valence-electron chi connectivity index (χ3n) is 3.20. The monoisotopic (exact) mass is 363 g/mol. The topological polar surface area (TPSA) is 103 Å². The maximum absolute atomic E-state index is 12.2. The summed E-state index contributed by atoms with van der Waals surface area (Å²) in [7, 11) is 2.94. The fourth-order valence-corrected chi connectivity index (χ4v) is 2.15. The first-order valence-electron chi connectivity index (χ1n) is 6.95. The third kappa shape index (κ3) is 4.45. The van der Waals surface area contributed by atoms with Gasteiger partial charge in [-0.15, -0.1) is 0 Å². The second-order valence-corrected chi connectivity index (χ2v) is 5.14. The van der Waals surface area contributed by atoms with E-state index in [0.717, 1.165) is 0 Å². The average Bonchev–Trinajstić information content (AvgIpc) is 2.62. The fourth-order valence-electron chi connectivity index (χ4n) is 1.96. The highest BCUT2D eigenvalue weighted by molar-refractivity contribution is 6.32. The molecule has 0 saturated heterocycles. The van der Waals surface area contributed by atoms with Gasteiger partial charge in [-0.25, -0.2) is 5.43 Å². The number of nitro groups is 1. The lowest BCUT2D eigenvalue weighted by atomic mass is 10.2. The van der Waals surface area contributed by atoms with Gasteiger partial charge in [-0.2, -0.15) is 5.10 Å². The van der Waals surface area contributed by atoms with Gasteiger partial charge in [-0.1, -0.05) is 17.7 Å². The second kappa shape index (κ2) is 8.11. The van der Waals surface area contributed by atoms with Gasteiger partial charge in [0.05, 0.1) is 30.9 Å². The number of carbonyl (C=O) groups excluding carboxylic acids is 1. The number of rotatable bonds is 6. The summed E-state index contributed by atoms with van der Waals surface area (Å²) in [4.78, 5) is 22.4. The van der Waals surface area contributed by atoms with Crippen LogP contribution in [0.15, 0.2) is 41.5 Å². The summed E-state index contributed by atoms with van der Waals surface area (Å²) >= 11 is 5.73. The zero-order valence-electron chi connectivity index (χ0n) is 13.4. The summed E-state index contributed by atoms with van der Waals surface area (Å²) in [6, 6.07) is 8.90. The molecule has 0 saturated carbocycles. The van der Waals surface area contributed by atoms with E-state index in [0.29, 0.717) is 17.1 Å². The molecule has 0 radical (unpaired) electrons. The maximum atomic E-state index is 12.2. The van der Waals surface area contributed by atoms with Gasteiger partial charge < -0.3 is 9.47 Å². The number of methoxy groups -OCH3 is 2. The normalized spacial score (nSPS) is 10.5. The molecule has 1 N–H and O–H groups in total. The summed E-state index contributed by atoms with van der Waals surface area (Å²) in [5, 5.41) is 14.7. The van der Waals surface area contributed by atoms with Gasteiger partial charge in [0.1, 0.15) is 16.5 Å². The number of halogens is 1. The molecule has 25 heavy (non-hydrogen) atoms. The van der Waals surface area contributed by atoms with Crippen LogP contribution >= 0.6 is 11.6 Å². The molecule has 0 heterocycles. The smallest absolute Gasteiger partial charge is 0.288 e. The van der Waals surface area contributed by atoms with E-state index in [9.17, 15) is 14.9 Å². The molecule has 0 aliphatic rings. The van der Waals surface area contributed by atoms with Crippen molar-refractivity contribution in [3.8, 4) is 11.5 Å². The number of hydrogen-bond acceptors (Lipinski definition) is 6. The molecule has 0 spiro atoms. The molecule has 8 nitrogen and oxygen atoms in total. The largest absolute Gasteiger partial charge is 0.497 e. The number of hydrazone groups is 1. The van der Waals surface area contributed by atoms with E-state index in [1.807, 2.05) is 0 Å². The van der Waals surface area contributed by atoms with Crippen molar-refractivity contribution in [1.82, 2.24) is 5.43 Å². The first kappa shape index (κ1) is 18.2. The summed E-state index contributed by atoms with van der Waals surface area (Å²) in [6.45, 7) is 0. The lowest BCUT2D eigenvalue weighted by Gasteiger charge is -2.08. The van der Waals surface area contributed by atoms with Gasteiger partial charge in [0, 0.05) is 17.7 Å². The molecule has 1 amide bonds. The number of hydrogen-bond donors (Lipinski definition) is 1. The van der Waals surface area contributed by atoms with Gasteiger partial charge in [0.15, 0.2) is 0 Å². The van der Waals surface area contributed by atoms with Gasteiger partial charge in [0.2, 0.25) is 0 Å². The third-order valence-corrected chi connectivity index (χ3v) is 3.52. The molecule has 2 aromatic rings. The predicted octanol–water partition coefficient (Wildman–Crippen LogP) is 3.03. The van der Waals surface area contributed by atoms with E-state index in [2.05, 4.69) is 10.5 Å². The molecule has 0 aliphatic heterocycles. The molecule has 0 unspecified atom stereocenters. The Bertz CT molecular complexity index is 839. The molecule has 2 rings (SSSR count). The number of carbonyl (C=O) groups is 1. The molecule has 0 aromatic heterocycles. The van der Waals surface area contributed by atoms with Crippen LogP contribution in [0, 0.1) is 10.1 Å². The number of nitrogens with one attached hydrogen (secondary N) is 1. The minimum atomic E-state index is -0.597. The van der Waals surface area contributed by atoms with Crippen LogP contribution in [0.25, 0.3) is 0 Å². The lowest BCUT2D eigenvalue weighted by molar-refractivity contribution is -0.384. The highest BCUT2D eigenvalue weighted by Crippen LogP contribution is 2.25. The van der Waals surface area contributed by atoms with Crippen LogP contribution in [-0.4, -0.2) is 31.3 Å². The molecule has 0 atom stereocenters. The number of nitro benzene ring substituents is 1. The lowest BCUT2D eigenvalue weighted by Crippen LogP contribution is -2.18. The Balaban J connectivity index is 2.13. The van der Waals surface area contributed by atoms with E-state index in [-0.39, 0.29) is 16.3 Å². The summed E-state index contributed by atoms with van der Waals surface area (Å²) in [5.74, 6) is 0.374. The summed E-state index contributed by atoms with van der Waals surface area (Å²) < 4.78 is 10.2. The van der Waals surface area contributed by atoms with E-state index in [1.54, 1.807) is 18.2 Å². The predicted molar refractivity (Wildman–Crippen MR) is 92.7 cm³/mol. The van der Waals surface area contributed by atoms with Crippen LogP contribution in [0.5, 0.6) is 11.5 Å². The van der Waals surface area contributed by atoms with Crippen molar-refractivity contribution in [3.63, 3.8) is 0 Å². The summed E-state index contributed by atoms with van der Waals surface area (Å²) in [5.41, 5.74) is 2.77. The second-order valence-electron chi connectivity index (χ2n) is 4.73. The zero-order valence-corrected chi connectivity index (χ0v) is 14.1. The zero-order chi connectivity index (χ0) is 18.4. The van der Waals surface area contributed by atoms with Gasteiger partial charge >= 0.3 is 0 Å². The Hall–Kier alpha value is -3.13. The van der Waals surface area contributed by atoms with Crippen molar-refractivity contribution in [2.24, 2.45) is 5.10 Å². The number of benzene rings is 2. The van der Waals surface area contributed by atoms with Crippen LogP contribution < -0.4 is 14.9 Å². The standard InChI is InChI=1S/C16H14ClN3O5/c1-24-11-4-5-12(15(8-11)25-2)16(21)19-18-9-10-3-6-13(17)14(7-10)20(22)23/h3-9H,1-2H3,(H,19,21). The SMILES string of the molecule is COc1ccc(C(=O)NN=Cc2ccc(Cl)c([N+](=O)[O-])c2)c(OC)c1. The van der Waals surface area contributed by atoms with E-state index in [1.165, 1.54) is 38.6 Å². The quantitative estimate of drug-likeness (QED) is 0.482. The van der Waals surface area contributed by atoms with Gasteiger partial charge in [0.25, 0.3) is 11.6 Å². The van der Waals surface area contributed by atoms with E-state index < -0.39 is 10.8 Å². The van der Waals surface area contributed by atoms with E-state index in [4.69, 9.17) is 21.1 Å². The first-order chi connectivity index (χ1) is 12.0. The highest BCUT2D eigenvalue weighted by Gasteiger charge is 2.13. The molecule has 9 heteroatoms. The Labute approximate surface area is 148 Å². The Morgan fingerprint density at radius 1 is 1.24 bits per heavy atom.